The topological polar surface area (TPSA) is 55.1 Å². The average Bonchev–Trinajstić information content (AvgIpc) is 2.34. The monoisotopic (exact) mass is 270 g/mol. The van der Waals surface area contributed by atoms with Crippen molar-refractivity contribution in [3.8, 4) is 0 Å². The average molecular weight is 270 g/mol. The molecule has 0 aliphatic carbocycles. The molecule has 3 nitrogen and oxygen atoms in total. The first kappa shape index (κ1) is 18.4. The van der Waals surface area contributed by atoms with Gasteiger partial charge in [-0.1, -0.05) is 72.6 Å². The molecule has 0 fully saturated rings. The Balaban J connectivity index is 3.42. The molecule has 1 atom stereocenters. The lowest BCUT2D eigenvalue weighted by Crippen LogP contribution is -2.48. The Morgan fingerprint density at radius 3 is 1.95 bits per heavy atom. The molecular weight excluding hydrogens is 236 g/mol. The molecule has 0 aromatic rings. The first-order valence-corrected chi connectivity index (χ1v) is 7.93. The van der Waals surface area contributed by atoms with E-state index in [2.05, 4.69) is 12.2 Å². The van der Waals surface area contributed by atoms with Gasteiger partial charge in [0.05, 0.1) is 6.04 Å². The lowest BCUT2D eigenvalue weighted by Gasteiger charge is -2.25. The summed E-state index contributed by atoms with van der Waals surface area (Å²) >= 11 is 0. The van der Waals surface area contributed by atoms with Gasteiger partial charge in [0.15, 0.2) is 0 Å². The number of nitrogens with one attached hydrogen (secondary N) is 1. The smallest absolute Gasteiger partial charge is 0.237 e. The highest BCUT2D eigenvalue weighted by Gasteiger charge is 2.26. The van der Waals surface area contributed by atoms with Crippen molar-refractivity contribution in [2.24, 2.45) is 11.1 Å². The van der Waals surface area contributed by atoms with Crippen LogP contribution in [0.4, 0.5) is 0 Å². The second-order valence-electron chi connectivity index (χ2n) is 6.61. The second kappa shape index (κ2) is 10.2. The molecule has 0 radical (unpaired) electrons. The first-order chi connectivity index (χ1) is 8.89. The maximum absolute atomic E-state index is 11.8. The van der Waals surface area contributed by atoms with Crippen molar-refractivity contribution in [2.45, 2.75) is 85.1 Å². The molecular formula is C16H34N2O. The van der Waals surface area contributed by atoms with Gasteiger partial charge in [-0.05, 0) is 11.8 Å². The fourth-order valence-corrected chi connectivity index (χ4v) is 1.97. The van der Waals surface area contributed by atoms with E-state index in [-0.39, 0.29) is 11.3 Å². The highest BCUT2D eigenvalue weighted by molar-refractivity contribution is 5.82. The molecule has 0 heterocycles. The molecule has 0 rings (SSSR count). The fraction of sp³-hybridized carbons (Fsp3) is 0.938. The van der Waals surface area contributed by atoms with Crippen molar-refractivity contribution in [3.05, 3.63) is 0 Å². The van der Waals surface area contributed by atoms with Crippen molar-refractivity contribution in [1.29, 1.82) is 0 Å². The Labute approximate surface area is 119 Å². The van der Waals surface area contributed by atoms with Crippen LogP contribution in [0.25, 0.3) is 0 Å². The number of nitrogens with two attached hydrogens (primary N) is 1. The van der Waals surface area contributed by atoms with Crippen LogP contribution in [-0.4, -0.2) is 18.5 Å². The van der Waals surface area contributed by atoms with Crippen LogP contribution in [0.1, 0.15) is 79.1 Å². The number of rotatable bonds is 10. The number of unbranched alkanes of at least 4 members (excludes halogenated alkanes) is 7. The summed E-state index contributed by atoms with van der Waals surface area (Å²) in [4.78, 5) is 11.8. The summed E-state index contributed by atoms with van der Waals surface area (Å²) in [5.74, 6) is -0.0181. The summed E-state index contributed by atoms with van der Waals surface area (Å²) in [5, 5.41) is 2.94. The second-order valence-corrected chi connectivity index (χ2v) is 6.61. The Morgan fingerprint density at radius 1 is 1.00 bits per heavy atom. The maximum atomic E-state index is 11.8. The Kier molecular flexibility index (Phi) is 9.94. The zero-order chi connectivity index (χ0) is 14.7. The van der Waals surface area contributed by atoms with E-state index in [9.17, 15) is 4.79 Å². The summed E-state index contributed by atoms with van der Waals surface area (Å²) in [6.45, 7) is 8.98. The standard InChI is InChI=1S/C16H34N2O/c1-5-6-7-8-9-10-11-12-13-18-15(19)14(17)16(2,3)4/h14H,5-13,17H2,1-4H3,(H,18,19)/t14-/m1/s1. The molecule has 0 aliphatic rings. The summed E-state index contributed by atoms with van der Waals surface area (Å²) in [6, 6.07) is -0.415. The molecule has 0 saturated carbocycles. The molecule has 0 spiro atoms. The van der Waals surface area contributed by atoms with Gasteiger partial charge in [-0.2, -0.15) is 0 Å². The SMILES string of the molecule is CCCCCCCCCCNC(=O)[C@@H](N)C(C)(C)C. The van der Waals surface area contributed by atoms with Crippen molar-refractivity contribution >= 4 is 5.91 Å². The highest BCUT2D eigenvalue weighted by atomic mass is 16.2. The van der Waals surface area contributed by atoms with Crippen LogP contribution >= 0.6 is 0 Å². The van der Waals surface area contributed by atoms with Gasteiger partial charge in [0.2, 0.25) is 5.91 Å². The molecule has 1 amide bonds. The minimum absolute atomic E-state index is 0.0181. The normalized spacial score (nSPS) is 13.3. The van der Waals surface area contributed by atoms with Crippen LogP contribution in [0.2, 0.25) is 0 Å². The van der Waals surface area contributed by atoms with Crippen LogP contribution < -0.4 is 11.1 Å². The molecule has 3 heteroatoms. The van der Waals surface area contributed by atoms with Crippen molar-refractivity contribution in [1.82, 2.24) is 5.32 Å². The molecule has 0 bridgehead atoms. The third-order valence-electron chi connectivity index (χ3n) is 3.55. The molecule has 0 unspecified atom stereocenters. The van der Waals surface area contributed by atoms with E-state index in [1.165, 1.54) is 44.9 Å². The predicted molar refractivity (Wildman–Crippen MR) is 83.1 cm³/mol. The van der Waals surface area contributed by atoms with E-state index in [1.807, 2.05) is 20.8 Å². The zero-order valence-electron chi connectivity index (χ0n) is 13.4. The van der Waals surface area contributed by atoms with Crippen LogP contribution in [0, 0.1) is 5.41 Å². The lowest BCUT2D eigenvalue weighted by molar-refractivity contribution is -0.124. The minimum atomic E-state index is -0.415. The van der Waals surface area contributed by atoms with Gasteiger partial charge in [-0.15, -0.1) is 0 Å². The summed E-state index contributed by atoms with van der Waals surface area (Å²) in [7, 11) is 0. The summed E-state index contributed by atoms with van der Waals surface area (Å²) in [5.41, 5.74) is 5.73. The number of carbonyl (C=O) groups is 1. The number of hydrogen-bond donors (Lipinski definition) is 2. The van der Waals surface area contributed by atoms with Gasteiger partial charge in [0, 0.05) is 6.54 Å². The Morgan fingerprint density at radius 2 is 1.47 bits per heavy atom. The van der Waals surface area contributed by atoms with Gasteiger partial charge in [0.1, 0.15) is 0 Å². The van der Waals surface area contributed by atoms with Crippen LogP contribution in [0.5, 0.6) is 0 Å². The minimum Gasteiger partial charge on any atom is -0.355 e. The zero-order valence-corrected chi connectivity index (χ0v) is 13.4. The Bertz CT molecular complexity index is 233. The van der Waals surface area contributed by atoms with E-state index >= 15 is 0 Å². The van der Waals surface area contributed by atoms with E-state index < -0.39 is 6.04 Å². The van der Waals surface area contributed by atoms with Crippen molar-refractivity contribution < 1.29 is 4.79 Å². The number of carbonyl (C=O) groups excluding carboxylic acids is 1. The molecule has 19 heavy (non-hydrogen) atoms. The maximum Gasteiger partial charge on any atom is 0.237 e. The first-order valence-electron chi connectivity index (χ1n) is 7.93. The summed E-state index contributed by atoms with van der Waals surface area (Å²) < 4.78 is 0. The third-order valence-corrected chi connectivity index (χ3v) is 3.55. The van der Waals surface area contributed by atoms with E-state index in [1.54, 1.807) is 0 Å². The van der Waals surface area contributed by atoms with Crippen LogP contribution in [-0.2, 0) is 4.79 Å². The molecule has 114 valence electrons. The van der Waals surface area contributed by atoms with Crippen LogP contribution in [0.15, 0.2) is 0 Å². The van der Waals surface area contributed by atoms with Gasteiger partial charge < -0.3 is 11.1 Å². The van der Waals surface area contributed by atoms with Gasteiger partial charge >= 0.3 is 0 Å². The number of hydrogen-bond acceptors (Lipinski definition) is 2. The van der Waals surface area contributed by atoms with Crippen LogP contribution in [0.3, 0.4) is 0 Å². The van der Waals surface area contributed by atoms with E-state index in [4.69, 9.17) is 5.73 Å². The quantitative estimate of drug-likeness (QED) is 0.596. The molecule has 0 aromatic carbocycles. The highest BCUT2D eigenvalue weighted by Crippen LogP contribution is 2.17. The fourth-order valence-electron chi connectivity index (χ4n) is 1.97. The largest absolute Gasteiger partial charge is 0.355 e. The summed E-state index contributed by atoms with van der Waals surface area (Å²) in [6.07, 6.45) is 10.3. The number of amides is 1. The van der Waals surface area contributed by atoms with Crippen molar-refractivity contribution in [3.63, 3.8) is 0 Å². The third kappa shape index (κ3) is 9.94. The van der Waals surface area contributed by atoms with Gasteiger partial charge in [0.25, 0.3) is 0 Å². The molecule has 0 saturated heterocycles. The molecule has 3 N–H and O–H groups in total. The predicted octanol–water partition coefficient (Wildman–Crippen LogP) is 3.62. The van der Waals surface area contributed by atoms with Crippen molar-refractivity contribution in [2.75, 3.05) is 6.54 Å². The van der Waals surface area contributed by atoms with E-state index in [0.717, 1.165) is 13.0 Å². The van der Waals surface area contributed by atoms with E-state index in [0.29, 0.717) is 0 Å². The Hall–Kier alpha value is -0.570. The van der Waals surface area contributed by atoms with Gasteiger partial charge in [-0.25, -0.2) is 0 Å². The van der Waals surface area contributed by atoms with Gasteiger partial charge in [-0.3, -0.25) is 4.79 Å². The molecule has 0 aliphatic heterocycles. The lowest BCUT2D eigenvalue weighted by atomic mass is 9.87. The molecule has 0 aromatic heterocycles.